The molecule has 30 heavy (non-hydrogen) atoms. The number of halogens is 1. The number of anilines is 1. The van der Waals surface area contributed by atoms with Crippen LogP contribution in [0.15, 0.2) is 54.6 Å². The summed E-state index contributed by atoms with van der Waals surface area (Å²) in [5.74, 6) is -0.803. The van der Waals surface area contributed by atoms with Crippen molar-refractivity contribution in [3.63, 3.8) is 0 Å². The molecule has 0 bridgehead atoms. The molecule has 3 rings (SSSR count). The Morgan fingerprint density at radius 3 is 2.27 bits per heavy atom. The monoisotopic (exact) mass is 413 g/mol. The van der Waals surface area contributed by atoms with Gasteiger partial charge in [0.2, 0.25) is 11.8 Å². The number of quaternary nitrogens is 1. The number of hydrogen-bond donors (Lipinski definition) is 3. The second kappa shape index (κ2) is 10.5. The van der Waals surface area contributed by atoms with E-state index in [9.17, 15) is 18.8 Å². The van der Waals surface area contributed by atoms with Gasteiger partial charge in [0.05, 0.1) is 39.1 Å². The van der Waals surface area contributed by atoms with Crippen LogP contribution in [0, 0.1) is 5.82 Å². The largest absolute Gasteiger partial charge is 0.347 e. The molecule has 2 aromatic rings. The predicted molar refractivity (Wildman–Crippen MR) is 110 cm³/mol. The highest BCUT2D eigenvalue weighted by Gasteiger charge is 2.25. The highest BCUT2D eigenvalue weighted by atomic mass is 19.1. The Kier molecular flexibility index (Phi) is 7.51. The lowest BCUT2D eigenvalue weighted by molar-refractivity contribution is -0.895. The molecule has 1 fully saturated rings. The van der Waals surface area contributed by atoms with Crippen molar-refractivity contribution in [2.75, 3.05) is 44.6 Å². The quantitative estimate of drug-likeness (QED) is 0.591. The Bertz CT molecular complexity index is 866. The maximum Gasteiger partial charge on any atom is 0.279 e. The molecule has 3 amide bonds. The topological polar surface area (TPSA) is 83.0 Å². The number of carbonyl (C=O) groups excluding carboxylic acids is 3. The van der Waals surface area contributed by atoms with Crippen LogP contribution in [-0.4, -0.2) is 61.9 Å². The molecular weight excluding hydrogens is 387 g/mol. The Morgan fingerprint density at radius 2 is 1.60 bits per heavy atom. The number of nitrogens with one attached hydrogen (secondary N) is 3. The number of carbonyl (C=O) groups is 3. The summed E-state index contributed by atoms with van der Waals surface area (Å²) >= 11 is 0. The summed E-state index contributed by atoms with van der Waals surface area (Å²) in [4.78, 5) is 39.3. The third kappa shape index (κ3) is 6.66. The van der Waals surface area contributed by atoms with Gasteiger partial charge in [0, 0.05) is 5.69 Å². The molecule has 1 saturated heterocycles. The molecule has 3 N–H and O–H groups in total. The zero-order valence-corrected chi connectivity index (χ0v) is 16.7. The van der Waals surface area contributed by atoms with E-state index in [1.807, 2.05) is 30.3 Å². The van der Waals surface area contributed by atoms with Crippen molar-refractivity contribution in [2.24, 2.45) is 0 Å². The van der Waals surface area contributed by atoms with Gasteiger partial charge in [0.1, 0.15) is 5.82 Å². The van der Waals surface area contributed by atoms with E-state index in [2.05, 4.69) is 10.6 Å². The summed E-state index contributed by atoms with van der Waals surface area (Å²) in [5.41, 5.74) is 1.46. The molecule has 0 spiro atoms. The molecule has 2 aromatic carbocycles. The molecule has 1 aliphatic rings. The Morgan fingerprint density at radius 1 is 0.933 bits per heavy atom. The van der Waals surface area contributed by atoms with Gasteiger partial charge in [0.25, 0.3) is 5.91 Å². The molecule has 8 heteroatoms. The fourth-order valence-corrected chi connectivity index (χ4v) is 3.34. The van der Waals surface area contributed by atoms with Crippen molar-refractivity contribution in [1.29, 1.82) is 0 Å². The number of rotatable bonds is 7. The maximum atomic E-state index is 12.9. The second-order valence-corrected chi connectivity index (χ2v) is 7.30. The van der Waals surface area contributed by atoms with Gasteiger partial charge < -0.3 is 20.4 Å². The standard InChI is InChI=1S/C22H25FN4O3/c23-18-6-8-19(9-7-18)25-21(29)16-26-10-12-27(13-11-26)22(30)15-24-20(28)14-17-4-2-1-3-5-17/h1-9H,10-16H2,(H,24,28)(H,25,29)/p+1. The minimum absolute atomic E-state index is 0.0218. The van der Waals surface area contributed by atoms with Gasteiger partial charge in [-0.2, -0.15) is 0 Å². The summed E-state index contributed by atoms with van der Waals surface area (Å²) in [5, 5.41) is 5.42. The highest BCUT2D eigenvalue weighted by molar-refractivity contribution is 5.91. The first-order chi connectivity index (χ1) is 14.5. The van der Waals surface area contributed by atoms with Crippen LogP contribution in [-0.2, 0) is 20.8 Å². The van der Waals surface area contributed by atoms with Crippen molar-refractivity contribution in [3.05, 3.63) is 66.0 Å². The lowest BCUT2D eigenvalue weighted by Gasteiger charge is -2.32. The van der Waals surface area contributed by atoms with E-state index in [0.29, 0.717) is 31.9 Å². The Balaban J connectivity index is 1.35. The zero-order valence-electron chi connectivity index (χ0n) is 16.7. The summed E-state index contributed by atoms with van der Waals surface area (Å²) < 4.78 is 12.9. The number of benzene rings is 2. The average molecular weight is 413 g/mol. The van der Waals surface area contributed by atoms with Gasteiger partial charge in [-0.05, 0) is 29.8 Å². The molecule has 0 unspecified atom stereocenters. The SMILES string of the molecule is O=C(Cc1ccccc1)NCC(=O)N1CC[NH+](CC(=O)Nc2ccc(F)cc2)CC1. The Labute approximate surface area is 174 Å². The van der Waals surface area contributed by atoms with Gasteiger partial charge in [-0.15, -0.1) is 0 Å². The third-order valence-electron chi connectivity index (χ3n) is 5.01. The van der Waals surface area contributed by atoms with Crippen molar-refractivity contribution in [3.8, 4) is 0 Å². The van der Waals surface area contributed by atoms with Gasteiger partial charge in [-0.1, -0.05) is 30.3 Å². The van der Waals surface area contributed by atoms with Crippen LogP contribution in [0.4, 0.5) is 10.1 Å². The summed E-state index contributed by atoms with van der Waals surface area (Å²) in [6.45, 7) is 2.64. The van der Waals surface area contributed by atoms with Crippen LogP contribution in [0.2, 0.25) is 0 Å². The molecule has 0 aliphatic carbocycles. The molecule has 7 nitrogen and oxygen atoms in total. The summed E-state index contributed by atoms with van der Waals surface area (Å²) in [7, 11) is 0. The first kappa shape index (κ1) is 21.4. The highest BCUT2D eigenvalue weighted by Crippen LogP contribution is 2.07. The first-order valence-electron chi connectivity index (χ1n) is 9.97. The fourth-order valence-electron chi connectivity index (χ4n) is 3.34. The summed E-state index contributed by atoms with van der Waals surface area (Å²) in [6, 6.07) is 15.0. The molecule has 0 saturated carbocycles. The van der Waals surface area contributed by atoms with Crippen molar-refractivity contribution in [1.82, 2.24) is 10.2 Å². The maximum absolute atomic E-state index is 12.9. The van der Waals surface area contributed by atoms with E-state index in [1.54, 1.807) is 4.90 Å². The summed E-state index contributed by atoms with van der Waals surface area (Å²) in [6.07, 6.45) is 0.245. The van der Waals surface area contributed by atoms with Crippen LogP contribution in [0.3, 0.4) is 0 Å². The average Bonchev–Trinajstić information content (AvgIpc) is 2.75. The molecule has 0 radical (unpaired) electrons. The molecule has 1 heterocycles. The van der Waals surface area contributed by atoms with E-state index in [4.69, 9.17) is 0 Å². The van der Waals surface area contributed by atoms with Crippen LogP contribution in [0.25, 0.3) is 0 Å². The van der Waals surface area contributed by atoms with E-state index in [0.717, 1.165) is 10.5 Å². The van der Waals surface area contributed by atoms with Gasteiger partial charge in [0.15, 0.2) is 6.54 Å². The van der Waals surface area contributed by atoms with Crippen molar-refractivity contribution < 1.29 is 23.7 Å². The predicted octanol–water partition coefficient (Wildman–Crippen LogP) is -0.150. The third-order valence-corrected chi connectivity index (χ3v) is 5.01. The molecule has 1 aliphatic heterocycles. The lowest BCUT2D eigenvalue weighted by Crippen LogP contribution is -3.15. The van der Waals surface area contributed by atoms with Gasteiger partial charge in [-0.3, -0.25) is 14.4 Å². The Hall–Kier alpha value is -3.26. The number of amides is 3. The van der Waals surface area contributed by atoms with E-state index in [1.165, 1.54) is 24.3 Å². The molecular formula is C22H26FN4O3+. The molecule has 0 atom stereocenters. The molecule has 0 aromatic heterocycles. The number of piperazine rings is 1. The van der Waals surface area contributed by atoms with Gasteiger partial charge >= 0.3 is 0 Å². The zero-order chi connectivity index (χ0) is 21.3. The minimum atomic E-state index is -0.351. The lowest BCUT2D eigenvalue weighted by atomic mass is 10.1. The van der Waals surface area contributed by atoms with E-state index in [-0.39, 0.29) is 43.0 Å². The number of hydrogen-bond acceptors (Lipinski definition) is 3. The van der Waals surface area contributed by atoms with Gasteiger partial charge in [-0.25, -0.2) is 4.39 Å². The van der Waals surface area contributed by atoms with Crippen molar-refractivity contribution in [2.45, 2.75) is 6.42 Å². The van der Waals surface area contributed by atoms with E-state index < -0.39 is 0 Å². The molecule has 158 valence electrons. The van der Waals surface area contributed by atoms with Crippen LogP contribution in [0.5, 0.6) is 0 Å². The van der Waals surface area contributed by atoms with Crippen LogP contribution >= 0.6 is 0 Å². The minimum Gasteiger partial charge on any atom is -0.347 e. The smallest absolute Gasteiger partial charge is 0.279 e. The second-order valence-electron chi connectivity index (χ2n) is 7.30. The first-order valence-corrected chi connectivity index (χ1v) is 9.97. The fraction of sp³-hybridized carbons (Fsp3) is 0.318. The van der Waals surface area contributed by atoms with Crippen LogP contribution in [0.1, 0.15) is 5.56 Å². The van der Waals surface area contributed by atoms with E-state index >= 15 is 0 Å². The normalized spacial score (nSPS) is 14.2. The van der Waals surface area contributed by atoms with Crippen LogP contribution < -0.4 is 15.5 Å². The van der Waals surface area contributed by atoms with Crippen molar-refractivity contribution >= 4 is 23.4 Å². The number of nitrogens with zero attached hydrogens (tertiary/aromatic N) is 1.